The maximum absolute atomic E-state index is 13.7. The van der Waals surface area contributed by atoms with Gasteiger partial charge in [-0.15, -0.1) is 0 Å². The molecule has 8 unspecified atom stereocenters. The van der Waals surface area contributed by atoms with E-state index in [1.165, 1.54) is 36.4 Å². The van der Waals surface area contributed by atoms with Gasteiger partial charge >= 0.3 is 0 Å². The molecule has 0 amide bonds. The van der Waals surface area contributed by atoms with E-state index in [1.54, 1.807) is 13.8 Å². The predicted molar refractivity (Wildman–Crippen MR) is 164 cm³/mol. The molecule has 0 saturated heterocycles. The Kier molecular flexibility index (Phi) is 7.39. The van der Waals surface area contributed by atoms with Crippen molar-refractivity contribution < 1.29 is 43.8 Å². The molecule has 6 fully saturated rings. The van der Waals surface area contributed by atoms with Crippen LogP contribution in [0.15, 0.2) is 68.1 Å². The lowest BCUT2D eigenvalue weighted by Crippen LogP contribution is -2.67. The van der Waals surface area contributed by atoms with E-state index in [2.05, 4.69) is 0 Å². The van der Waals surface area contributed by atoms with E-state index in [-0.39, 0.29) is 44.3 Å². The highest BCUT2D eigenvalue weighted by Gasteiger charge is 2.65. The van der Waals surface area contributed by atoms with Crippen molar-refractivity contribution in [2.24, 2.45) is 34.5 Å². The number of aliphatic hydroxyl groups is 2. The molecule has 2 N–H and O–H groups in total. The van der Waals surface area contributed by atoms with Crippen molar-refractivity contribution in [2.45, 2.75) is 110 Å². The zero-order chi connectivity index (χ0) is 33.2. The van der Waals surface area contributed by atoms with Gasteiger partial charge in [-0.05, 0) is 110 Å². The Hall–Kier alpha value is -1.87. The van der Waals surface area contributed by atoms with Crippen molar-refractivity contribution in [2.75, 3.05) is 0 Å². The molecule has 6 saturated carbocycles. The molecule has 6 aliphatic carbocycles. The van der Waals surface area contributed by atoms with Crippen LogP contribution in [-0.2, 0) is 38.4 Å². The maximum atomic E-state index is 13.7. The zero-order valence-electron chi connectivity index (χ0n) is 26.3. The molecule has 13 heteroatoms. The van der Waals surface area contributed by atoms with Crippen LogP contribution >= 0.6 is 0 Å². The second-order valence-corrected chi connectivity index (χ2v) is 20.2. The first-order valence-corrected chi connectivity index (χ1v) is 19.6. The molecule has 0 radical (unpaired) electrons. The molecule has 45 heavy (non-hydrogen) atoms. The van der Waals surface area contributed by atoms with Crippen LogP contribution < -0.4 is 0 Å². The van der Waals surface area contributed by atoms with Gasteiger partial charge in [0.25, 0.3) is 20.2 Å². The minimum absolute atomic E-state index is 0.134. The molecule has 4 bridgehead atoms. The molecule has 6 aliphatic rings. The van der Waals surface area contributed by atoms with Crippen LogP contribution in [0.3, 0.4) is 0 Å². The van der Waals surface area contributed by atoms with Crippen molar-refractivity contribution >= 4 is 30.1 Å². The second kappa shape index (κ2) is 10.1. The average Bonchev–Trinajstić information content (AvgIpc) is 2.94. The van der Waals surface area contributed by atoms with E-state index < -0.39 is 63.3 Å². The Labute approximate surface area is 266 Å². The molecule has 8 rings (SSSR count). The first-order chi connectivity index (χ1) is 20.5. The third-order valence-electron chi connectivity index (χ3n) is 11.9. The molecule has 0 aliphatic heterocycles. The summed E-state index contributed by atoms with van der Waals surface area (Å²) in [5, 5.41) is 22.4. The quantitative estimate of drug-likeness (QED) is 0.384. The van der Waals surface area contributed by atoms with E-state index in [0.29, 0.717) is 12.8 Å². The van der Waals surface area contributed by atoms with Crippen molar-refractivity contribution in [3.63, 3.8) is 0 Å². The first kappa shape index (κ1) is 33.0. The van der Waals surface area contributed by atoms with Crippen molar-refractivity contribution in [3.8, 4) is 0 Å². The lowest BCUT2D eigenvalue weighted by Gasteiger charge is -2.64. The maximum Gasteiger partial charge on any atom is 0.297 e. The predicted octanol–water partition coefficient (Wildman–Crippen LogP) is 4.30. The minimum Gasteiger partial charge on any atom is -0.387 e. The summed E-state index contributed by atoms with van der Waals surface area (Å²) >= 11 is 0. The SMILES string of the molecule is CC1(C)C2CC(OS(=O)(=O)c3cccc(S(=O)(=O)c4cccc(S(=O)(=O)OC5CC6CC(C6(C)C)C5(C)O)c4)c3)C(C)(O)C1C2. The van der Waals surface area contributed by atoms with E-state index in [9.17, 15) is 35.5 Å². The summed E-state index contributed by atoms with van der Waals surface area (Å²) < 4.78 is 91.7. The molecule has 2 aromatic carbocycles. The molecule has 0 heterocycles. The van der Waals surface area contributed by atoms with Crippen LogP contribution in [-0.4, -0.2) is 58.9 Å². The van der Waals surface area contributed by atoms with Crippen LogP contribution in [0.4, 0.5) is 0 Å². The van der Waals surface area contributed by atoms with Gasteiger partial charge in [-0.3, -0.25) is 8.37 Å². The lowest BCUT2D eigenvalue weighted by molar-refractivity contribution is -0.237. The summed E-state index contributed by atoms with van der Waals surface area (Å²) in [7, 11) is -13.3. The summed E-state index contributed by atoms with van der Waals surface area (Å²) in [6.45, 7) is 11.4. The number of hydrogen-bond acceptors (Lipinski definition) is 10. The summed E-state index contributed by atoms with van der Waals surface area (Å²) in [4.78, 5) is -1.55. The van der Waals surface area contributed by atoms with Gasteiger partial charge < -0.3 is 10.2 Å². The fourth-order valence-electron chi connectivity index (χ4n) is 8.68. The number of rotatable bonds is 8. The topological polar surface area (TPSA) is 161 Å². The van der Waals surface area contributed by atoms with Crippen molar-refractivity contribution in [3.05, 3.63) is 48.5 Å². The Balaban J connectivity index is 1.23. The molecule has 10 nitrogen and oxygen atoms in total. The first-order valence-electron chi connectivity index (χ1n) is 15.3. The van der Waals surface area contributed by atoms with Gasteiger partial charge in [0.2, 0.25) is 9.84 Å². The molecular formula is C32H42O10S3. The number of fused-ring (bicyclic) bond motifs is 4. The highest BCUT2D eigenvalue weighted by atomic mass is 32.2. The standard InChI is InChI=1S/C32H42O10S3/c1-29(2)19-13-25(29)31(5,33)27(15-19)41-44(37,38)23-11-7-9-21(17-23)43(35,36)22-10-8-12-24(18-22)45(39,40)42-28-16-20-14-26(30(20,3)4)32(28,6)34/h7-12,17-20,25-28,33-34H,13-16H2,1-6H3. The highest BCUT2D eigenvalue weighted by molar-refractivity contribution is 7.91. The van der Waals surface area contributed by atoms with E-state index in [1.807, 2.05) is 27.7 Å². The monoisotopic (exact) mass is 682 g/mol. The highest BCUT2D eigenvalue weighted by Crippen LogP contribution is 2.64. The minimum atomic E-state index is -4.47. The smallest absolute Gasteiger partial charge is 0.297 e. The van der Waals surface area contributed by atoms with E-state index in [4.69, 9.17) is 8.37 Å². The van der Waals surface area contributed by atoms with Crippen LogP contribution in [0.2, 0.25) is 0 Å². The number of hydrogen-bond donors (Lipinski definition) is 2. The number of benzene rings is 2. The Morgan fingerprint density at radius 3 is 1.22 bits per heavy atom. The van der Waals surface area contributed by atoms with Crippen LogP contribution in [0.1, 0.15) is 67.2 Å². The number of sulfone groups is 1. The zero-order valence-corrected chi connectivity index (χ0v) is 28.7. The third kappa shape index (κ3) is 5.03. The van der Waals surface area contributed by atoms with Gasteiger partial charge in [0.1, 0.15) is 12.2 Å². The molecule has 248 valence electrons. The summed E-state index contributed by atoms with van der Waals surface area (Å²) in [6.07, 6.45) is 0.310. The van der Waals surface area contributed by atoms with Crippen molar-refractivity contribution in [1.29, 1.82) is 0 Å². The largest absolute Gasteiger partial charge is 0.387 e. The second-order valence-electron chi connectivity index (χ2n) is 15.1. The molecule has 2 aromatic rings. The summed E-state index contributed by atoms with van der Waals surface area (Å²) in [5.74, 6) is 0.128. The summed E-state index contributed by atoms with van der Waals surface area (Å²) in [5.41, 5.74) is -3.05. The van der Waals surface area contributed by atoms with Gasteiger partial charge in [0, 0.05) is 0 Å². The average molecular weight is 683 g/mol. The Morgan fingerprint density at radius 1 is 0.578 bits per heavy atom. The van der Waals surface area contributed by atoms with E-state index in [0.717, 1.165) is 25.0 Å². The van der Waals surface area contributed by atoms with Crippen LogP contribution in [0.5, 0.6) is 0 Å². The van der Waals surface area contributed by atoms with Crippen LogP contribution in [0, 0.1) is 34.5 Å². The summed E-state index contributed by atoms with van der Waals surface area (Å²) in [6, 6.07) is 9.34. The molecule has 8 atom stereocenters. The van der Waals surface area contributed by atoms with Gasteiger partial charge in [-0.2, -0.15) is 16.8 Å². The fourth-order valence-corrected chi connectivity index (χ4v) is 12.6. The molecule has 0 aromatic heterocycles. The Bertz CT molecular complexity index is 1730. The van der Waals surface area contributed by atoms with Gasteiger partial charge in [-0.25, -0.2) is 8.42 Å². The van der Waals surface area contributed by atoms with Crippen molar-refractivity contribution in [1.82, 2.24) is 0 Å². The normalized spacial score (nSPS) is 36.9. The molecular weight excluding hydrogens is 641 g/mol. The van der Waals surface area contributed by atoms with Gasteiger partial charge in [-0.1, -0.05) is 39.8 Å². The lowest BCUT2D eigenvalue weighted by atomic mass is 9.43. The van der Waals surface area contributed by atoms with Gasteiger partial charge in [0.15, 0.2) is 0 Å². The van der Waals surface area contributed by atoms with Gasteiger partial charge in [0.05, 0.1) is 30.8 Å². The molecule has 0 spiro atoms. The third-order valence-corrected chi connectivity index (χ3v) is 16.3. The Morgan fingerprint density at radius 2 is 0.911 bits per heavy atom. The van der Waals surface area contributed by atoms with Crippen LogP contribution in [0.25, 0.3) is 0 Å². The fraction of sp³-hybridized carbons (Fsp3) is 0.625. The van der Waals surface area contributed by atoms with E-state index >= 15 is 0 Å².